The quantitative estimate of drug-likeness (QED) is 0.261. The molecule has 4 aromatic rings. The summed E-state index contributed by atoms with van der Waals surface area (Å²) in [5.74, 6) is 1.67. The third kappa shape index (κ3) is 4.47. The maximum absolute atomic E-state index is 6.17. The number of hydrogen-bond donors (Lipinski definition) is 1. The third-order valence-corrected chi connectivity index (χ3v) is 8.38. The summed E-state index contributed by atoms with van der Waals surface area (Å²) in [5.41, 5.74) is 7.09. The van der Waals surface area contributed by atoms with Gasteiger partial charge >= 0.3 is 0 Å². The number of nitrogens with zero attached hydrogens (tertiary/aromatic N) is 3. The van der Waals surface area contributed by atoms with Crippen LogP contribution in [0.4, 0.5) is 5.69 Å². The lowest BCUT2D eigenvalue weighted by Crippen LogP contribution is -2.29. The molecular weight excluding hydrogens is 488 g/mol. The van der Waals surface area contributed by atoms with Gasteiger partial charge in [0.2, 0.25) is 0 Å². The van der Waals surface area contributed by atoms with Crippen molar-refractivity contribution in [1.82, 2.24) is 14.9 Å². The molecule has 0 spiro atoms. The van der Waals surface area contributed by atoms with Crippen LogP contribution in [-0.2, 0) is 0 Å². The van der Waals surface area contributed by atoms with Crippen LogP contribution in [0, 0.1) is 20.8 Å². The molecule has 2 atom stereocenters. The van der Waals surface area contributed by atoms with Gasteiger partial charge in [-0.3, -0.25) is 4.98 Å². The van der Waals surface area contributed by atoms with Crippen molar-refractivity contribution in [3.05, 3.63) is 107 Å². The Morgan fingerprint density at radius 3 is 2.37 bits per heavy atom. The van der Waals surface area contributed by atoms with Crippen molar-refractivity contribution in [2.45, 2.75) is 64.6 Å². The van der Waals surface area contributed by atoms with Crippen LogP contribution in [0.5, 0.6) is 11.5 Å². The van der Waals surface area contributed by atoms with Crippen LogP contribution in [0.2, 0.25) is 0 Å². The van der Waals surface area contributed by atoms with Crippen LogP contribution < -0.4 is 15.0 Å². The van der Waals surface area contributed by atoms with Gasteiger partial charge in [-0.1, -0.05) is 37.1 Å². The second-order valence-electron chi connectivity index (χ2n) is 10.5. The van der Waals surface area contributed by atoms with E-state index >= 15 is 0 Å². The molecular formula is C32H34N4OS. The maximum Gasteiger partial charge on any atom is 0.174 e. The number of nitrogens with one attached hydrogen (secondary N) is 1. The Labute approximate surface area is 230 Å². The molecule has 1 saturated heterocycles. The average molecular weight is 523 g/mol. The van der Waals surface area contributed by atoms with Crippen LogP contribution in [-0.4, -0.2) is 14.7 Å². The summed E-state index contributed by atoms with van der Waals surface area (Å²) >= 11 is 5.97. The lowest BCUT2D eigenvalue weighted by atomic mass is 9.96. The van der Waals surface area contributed by atoms with Gasteiger partial charge in [-0.25, -0.2) is 0 Å². The molecule has 0 amide bonds. The highest BCUT2D eigenvalue weighted by Gasteiger charge is 2.42. The number of benzene rings is 2. The molecule has 194 valence electrons. The van der Waals surface area contributed by atoms with Crippen molar-refractivity contribution in [2.24, 2.45) is 0 Å². The summed E-state index contributed by atoms with van der Waals surface area (Å²) in [6.45, 7) is 6.57. The monoisotopic (exact) mass is 522 g/mol. The fourth-order valence-electron chi connectivity index (χ4n) is 6.25. The van der Waals surface area contributed by atoms with Crippen molar-refractivity contribution in [3.8, 4) is 11.5 Å². The number of aromatic nitrogens is 2. The molecule has 6 heteroatoms. The molecule has 1 aliphatic heterocycles. The first-order valence-corrected chi connectivity index (χ1v) is 13.9. The number of pyridine rings is 1. The number of thiocarbonyl (C=S) groups is 1. The highest BCUT2D eigenvalue weighted by molar-refractivity contribution is 7.80. The summed E-state index contributed by atoms with van der Waals surface area (Å²) in [7, 11) is 0. The number of ether oxygens (including phenoxy) is 1. The third-order valence-electron chi connectivity index (χ3n) is 8.07. The second kappa shape index (κ2) is 10.3. The van der Waals surface area contributed by atoms with E-state index in [0.717, 1.165) is 28.4 Å². The Hall–Kier alpha value is -3.64. The zero-order valence-corrected chi connectivity index (χ0v) is 23.0. The predicted octanol–water partition coefficient (Wildman–Crippen LogP) is 7.89. The normalized spacial score (nSPS) is 19.7. The molecule has 3 heterocycles. The van der Waals surface area contributed by atoms with Gasteiger partial charge in [0.25, 0.3) is 0 Å². The average Bonchev–Trinajstić information content (AvgIpc) is 3.64. The van der Waals surface area contributed by atoms with E-state index in [9.17, 15) is 0 Å². The molecule has 0 bridgehead atoms. The van der Waals surface area contributed by atoms with E-state index in [0.29, 0.717) is 11.2 Å². The zero-order chi connectivity index (χ0) is 26.2. The predicted molar refractivity (Wildman–Crippen MR) is 157 cm³/mol. The summed E-state index contributed by atoms with van der Waals surface area (Å²) in [6, 6.07) is 25.3. The van der Waals surface area contributed by atoms with Gasteiger partial charge in [-0.2, -0.15) is 0 Å². The first-order chi connectivity index (χ1) is 18.5. The van der Waals surface area contributed by atoms with Gasteiger partial charge in [0.15, 0.2) is 5.11 Å². The van der Waals surface area contributed by atoms with Gasteiger partial charge in [0.05, 0.1) is 17.8 Å². The molecule has 1 saturated carbocycles. The maximum atomic E-state index is 6.17. The number of para-hydroxylation sites is 1. The molecule has 0 radical (unpaired) electrons. The number of anilines is 1. The van der Waals surface area contributed by atoms with Gasteiger partial charge in [0.1, 0.15) is 11.5 Å². The topological polar surface area (TPSA) is 42.3 Å². The minimum absolute atomic E-state index is 0.0121. The Kier molecular flexibility index (Phi) is 6.66. The first kappa shape index (κ1) is 24.7. The van der Waals surface area contributed by atoms with Crippen molar-refractivity contribution in [2.75, 3.05) is 4.90 Å². The summed E-state index contributed by atoms with van der Waals surface area (Å²) in [6.07, 6.45) is 7.00. The summed E-state index contributed by atoms with van der Waals surface area (Å²) < 4.78 is 8.74. The minimum atomic E-state index is -0.0517. The number of rotatable bonds is 6. The van der Waals surface area contributed by atoms with Crippen LogP contribution in [0.25, 0.3) is 0 Å². The SMILES string of the molecule is Cc1ccccc1Oc1ccc(N2C(=S)NC(c3ccccn3)C2c2cc(C)n(C3CCCC3)c2C)cc1. The molecule has 2 aromatic heterocycles. The van der Waals surface area contributed by atoms with Crippen molar-refractivity contribution in [3.63, 3.8) is 0 Å². The minimum Gasteiger partial charge on any atom is -0.457 e. The van der Waals surface area contributed by atoms with Gasteiger partial charge in [-0.05, 0) is 105 Å². The van der Waals surface area contributed by atoms with Crippen LogP contribution >= 0.6 is 12.2 Å². The standard InChI is InChI=1S/C32H34N4OS/c1-21-10-4-7-14-29(21)37-26-17-15-25(16-18-26)36-31(30(34-32(36)38)28-13-8-9-19-33-28)27-20-22(2)35(23(27)3)24-11-5-6-12-24/h4,7-10,13-20,24,30-31H,5-6,11-12H2,1-3H3,(H,34,38). The lowest BCUT2D eigenvalue weighted by Gasteiger charge is -2.28. The lowest BCUT2D eigenvalue weighted by molar-refractivity contribution is 0.479. The molecule has 2 fully saturated rings. The molecule has 1 N–H and O–H groups in total. The summed E-state index contributed by atoms with van der Waals surface area (Å²) in [5, 5.41) is 4.32. The van der Waals surface area contributed by atoms with Gasteiger partial charge < -0.3 is 19.5 Å². The highest BCUT2D eigenvalue weighted by Crippen LogP contribution is 2.45. The van der Waals surface area contributed by atoms with E-state index in [1.54, 1.807) is 0 Å². The van der Waals surface area contributed by atoms with E-state index in [1.807, 2.05) is 48.7 Å². The van der Waals surface area contributed by atoms with Gasteiger partial charge in [-0.15, -0.1) is 0 Å². The van der Waals surface area contributed by atoms with Crippen molar-refractivity contribution < 1.29 is 4.74 Å². The molecule has 5 nitrogen and oxygen atoms in total. The van der Waals surface area contributed by atoms with Crippen LogP contribution in [0.3, 0.4) is 0 Å². The molecule has 38 heavy (non-hydrogen) atoms. The number of aryl methyl sites for hydroxylation is 2. The second-order valence-corrected chi connectivity index (χ2v) is 10.9. The van der Waals surface area contributed by atoms with Gasteiger partial charge in [0, 0.05) is 29.3 Å². The summed E-state index contributed by atoms with van der Waals surface area (Å²) in [4.78, 5) is 6.99. The smallest absolute Gasteiger partial charge is 0.174 e. The highest BCUT2D eigenvalue weighted by atomic mass is 32.1. The first-order valence-electron chi connectivity index (χ1n) is 13.5. The fraction of sp³-hybridized carbons (Fsp3) is 0.312. The van der Waals surface area contributed by atoms with E-state index in [1.165, 1.54) is 42.6 Å². The Bertz CT molecular complexity index is 1440. The van der Waals surface area contributed by atoms with E-state index in [4.69, 9.17) is 21.9 Å². The van der Waals surface area contributed by atoms with Crippen molar-refractivity contribution in [1.29, 1.82) is 0 Å². The molecule has 2 aliphatic rings. The van der Waals surface area contributed by atoms with Crippen LogP contribution in [0.1, 0.15) is 72.0 Å². The Balaban J connectivity index is 1.39. The Morgan fingerprint density at radius 1 is 0.921 bits per heavy atom. The van der Waals surface area contributed by atoms with E-state index in [2.05, 4.69) is 65.9 Å². The molecule has 2 unspecified atom stereocenters. The Morgan fingerprint density at radius 2 is 1.66 bits per heavy atom. The van der Waals surface area contributed by atoms with Crippen LogP contribution in [0.15, 0.2) is 79.0 Å². The number of hydrogen-bond acceptors (Lipinski definition) is 3. The molecule has 6 rings (SSSR count). The van der Waals surface area contributed by atoms with Crippen molar-refractivity contribution >= 4 is 23.0 Å². The zero-order valence-electron chi connectivity index (χ0n) is 22.2. The largest absolute Gasteiger partial charge is 0.457 e. The fourth-order valence-corrected chi connectivity index (χ4v) is 6.59. The van der Waals surface area contributed by atoms with E-state index < -0.39 is 0 Å². The molecule has 1 aliphatic carbocycles. The van der Waals surface area contributed by atoms with E-state index in [-0.39, 0.29) is 12.1 Å². The molecule has 2 aromatic carbocycles.